The molecule has 0 bridgehead atoms. The molecule has 0 aliphatic heterocycles. The normalized spacial score (nSPS) is 10.6. The number of pyridine rings is 1. The number of benzene rings is 2. The summed E-state index contributed by atoms with van der Waals surface area (Å²) in [5.41, 5.74) is 7.28. The molecule has 0 unspecified atom stereocenters. The summed E-state index contributed by atoms with van der Waals surface area (Å²) >= 11 is 0. The summed E-state index contributed by atoms with van der Waals surface area (Å²) in [6.07, 6.45) is 2.94. The Morgan fingerprint density at radius 1 is 1.07 bits per heavy atom. The van der Waals surface area contributed by atoms with E-state index in [9.17, 15) is 13.6 Å². The van der Waals surface area contributed by atoms with E-state index in [1.165, 1.54) is 12.3 Å². The van der Waals surface area contributed by atoms with E-state index in [-0.39, 0.29) is 35.3 Å². The van der Waals surface area contributed by atoms with Gasteiger partial charge in [0.2, 0.25) is 0 Å². The average Bonchev–Trinajstić information content (AvgIpc) is 3.02. The third-order valence-corrected chi connectivity index (χ3v) is 4.05. The fourth-order valence-electron chi connectivity index (χ4n) is 2.75. The second kappa shape index (κ2) is 7.13. The van der Waals surface area contributed by atoms with Crippen molar-refractivity contribution >= 4 is 34.9 Å². The lowest BCUT2D eigenvalue weighted by Gasteiger charge is -2.07. The Bertz CT molecular complexity index is 1160. The van der Waals surface area contributed by atoms with Gasteiger partial charge in [-0.2, -0.15) is 5.10 Å². The number of nitrogens with zero attached hydrogens (tertiary/aromatic N) is 3. The second-order valence-corrected chi connectivity index (χ2v) is 5.69. The Morgan fingerprint density at radius 2 is 1.89 bits per heavy atom. The number of carbonyl (C=O) groups is 1. The van der Waals surface area contributed by atoms with Crippen LogP contribution in [0.4, 0.5) is 14.6 Å². The number of halogens is 3. The van der Waals surface area contributed by atoms with Gasteiger partial charge >= 0.3 is 0 Å². The van der Waals surface area contributed by atoms with Crippen LogP contribution in [0.15, 0.2) is 60.9 Å². The Hall–Kier alpha value is -3.32. The number of nitrogen functional groups attached to an aromatic ring is 1. The maximum Gasteiger partial charge on any atom is 0.198 e. The molecular formula is C19H13ClF2N4O. The van der Waals surface area contributed by atoms with Gasteiger partial charge in [0.15, 0.2) is 11.6 Å². The smallest absolute Gasteiger partial charge is 0.198 e. The van der Waals surface area contributed by atoms with E-state index in [0.29, 0.717) is 5.56 Å². The van der Waals surface area contributed by atoms with Gasteiger partial charge in [-0.1, -0.05) is 6.07 Å². The van der Waals surface area contributed by atoms with E-state index in [0.717, 1.165) is 27.7 Å². The Morgan fingerprint density at radius 3 is 2.67 bits per heavy atom. The number of ketones is 1. The van der Waals surface area contributed by atoms with Crippen molar-refractivity contribution < 1.29 is 13.6 Å². The Labute approximate surface area is 158 Å². The Balaban J connectivity index is 0.00000210. The summed E-state index contributed by atoms with van der Waals surface area (Å²) in [4.78, 5) is 17.0. The molecule has 2 N–H and O–H groups in total. The van der Waals surface area contributed by atoms with Crippen molar-refractivity contribution in [2.75, 3.05) is 5.73 Å². The number of carbonyl (C=O) groups excluding carboxylic acids is 1. The highest BCUT2D eigenvalue weighted by atomic mass is 35.5. The van der Waals surface area contributed by atoms with Crippen molar-refractivity contribution in [3.63, 3.8) is 0 Å². The molecule has 0 fully saturated rings. The predicted molar refractivity (Wildman–Crippen MR) is 100 cm³/mol. The highest BCUT2D eigenvalue weighted by molar-refractivity contribution is 6.12. The van der Waals surface area contributed by atoms with Crippen LogP contribution in [0.2, 0.25) is 0 Å². The van der Waals surface area contributed by atoms with Gasteiger partial charge in [0.1, 0.15) is 17.3 Å². The van der Waals surface area contributed by atoms with Crippen molar-refractivity contribution in [2.24, 2.45) is 0 Å². The summed E-state index contributed by atoms with van der Waals surface area (Å²) in [5.74, 6) is -1.90. The molecule has 2 aromatic heterocycles. The lowest BCUT2D eigenvalue weighted by molar-refractivity contribution is 0.103. The highest BCUT2D eigenvalue weighted by Crippen LogP contribution is 2.23. The Kier molecular flexibility index (Phi) is 4.87. The molecule has 0 saturated carbocycles. The molecule has 0 aliphatic carbocycles. The van der Waals surface area contributed by atoms with Gasteiger partial charge in [-0.3, -0.25) is 9.78 Å². The van der Waals surface area contributed by atoms with Crippen molar-refractivity contribution in [2.45, 2.75) is 0 Å². The highest BCUT2D eigenvalue weighted by Gasteiger charge is 2.19. The molecule has 4 rings (SSSR count). The molecule has 27 heavy (non-hydrogen) atoms. The largest absolute Gasteiger partial charge is 0.383 e. The molecule has 8 heteroatoms. The van der Waals surface area contributed by atoms with Gasteiger partial charge in [0, 0.05) is 23.2 Å². The number of anilines is 1. The second-order valence-electron chi connectivity index (χ2n) is 5.69. The number of hydrogen-bond donors (Lipinski definition) is 1. The van der Waals surface area contributed by atoms with Gasteiger partial charge < -0.3 is 5.73 Å². The molecular weight excluding hydrogens is 374 g/mol. The SMILES string of the molecule is Cl.Nc1c(C(=O)c2ccc3ncccc3c2)cnn1-c1ccc(F)cc1F. The van der Waals surface area contributed by atoms with Gasteiger partial charge in [-0.05, 0) is 36.4 Å². The molecule has 136 valence electrons. The first kappa shape index (κ1) is 18.5. The van der Waals surface area contributed by atoms with E-state index in [2.05, 4.69) is 10.1 Å². The lowest BCUT2D eigenvalue weighted by atomic mass is 10.0. The molecule has 0 amide bonds. The van der Waals surface area contributed by atoms with E-state index in [1.54, 1.807) is 30.5 Å². The van der Waals surface area contributed by atoms with Crippen LogP contribution in [0.3, 0.4) is 0 Å². The van der Waals surface area contributed by atoms with E-state index in [4.69, 9.17) is 5.73 Å². The number of aromatic nitrogens is 3. The van der Waals surface area contributed by atoms with Crippen LogP contribution in [0.25, 0.3) is 16.6 Å². The standard InChI is InChI=1S/C19H12F2N4O.ClH/c20-13-4-6-17(15(21)9-13)25-19(22)14(10-24-25)18(26)12-3-5-16-11(8-12)2-1-7-23-16;/h1-10H,22H2;1H. The number of rotatable bonds is 3. The zero-order valence-electron chi connectivity index (χ0n) is 13.8. The van der Waals surface area contributed by atoms with Crippen LogP contribution in [-0.2, 0) is 0 Å². The van der Waals surface area contributed by atoms with Gasteiger partial charge in [0.25, 0.3) is 0 Å². The quantitative estimate of drug-likeness (QED) is 0.541. The molecule has 0 radical (unpaired) electrons. The maximum absolute atomic E-state index is 14.0. The van der Waals surface area contributed by atoms with Gasteiger partial charge in [-0.15, -0.1) is 12.4 Å². The molecule has 4 aromatic rings. The molecule has 0 saturated heterocycles. The van der Waals surface area contributed by atoms with Gasteiger partial charge in [0.05, 0.1) is 17.3 Å². The topological polar surface area (TPSA) is 73.8 Å². The third kappa shape index (κ3) is 3.24. The van der Waals surface area contributed by atoms with Gasteiger partial charge in [-0.25, -0.2) is 13.5 Å². The van der Waals surface area contributed by atoms with Crippen LogP contribution >= 0.6 is 12.4 Å². The lowest BCUT2D eigenvalue weighted by Crippen LogP contribution is -2.08. The molecule has 0 spiro atoms. The number of hydrogen-bond acceptors (Lipinski definition) is 4. The van der Waals surface area contributed by atoms with Crippen LogP contribution in [0.5, 0.6) is 0 Å². The van der Waals surface area contributed by atoms with Crippen molar-refractivity contribution in [1.29, 1.82) is 0 Å². The summed E-state index contributed by atoms with van der Waals surface area (Å²) in [6.45, 7) is 0. The number of nitrogens with two attached hydrogens (primary N) is 1. The van der Waals surface area contributed by atoms with Crippen molar-refractivity contribution in [1.82, 2.24) is 14.8 Å². The first-order valence-electron chi connectivity index (χ1n) is 7.73. The van der Waals surface area contributed by atoms with E-state index in [1.807, 2.05) is 6.07 Å². The zero-order chi connectivity index (χ0) is 18.3. The van der Waals surface area contributed by atoms with E-state index < -0.39 is 11.6 Å². The molecule has 2 heterocycles. The predicted octanol–water partition coefficient (Wildman–Crippen LogP) is 3.93. The van der Waals surface area contributed by atoms with Crippen LogP contribution in [0.1, 0.15) is 15.9 Å². The van der Waals surface area contributed by atoms with Crippen LogP contribution in [-0.4, -0.2) is 20.5 Å². The summed E-state index contributed by atoms with van der Waals surface area (Å²) in [6, 6.07) is 11.8. The minimum atomic E-state index is -0.824. The summed E-state index contributed by atoms with van der Waals surface area (Å²) in [5, 5.41) is 4.80. The first-order valence-corrected chi connectivity index (χ1v) is 7.73. The fourth-order valence-corrected chi connectivity index (χ4v) is 2.75. The minimum Gasteiger partial charge on any atom is -0.383 e. The average molecular weight is 387 g/mol. The molecule has 5 nitrogen and oxygen atoms in total. The number of fused-ring (bicyclic) bond motifs is 1. The van der Waals surface area contributed by atoms with Crippen molar-refractivity contribution in [3.05, 3.63) is 83.7 Å². The summed E-state index contributed by atoms with van der Waals surface area (Å²) in [7, 11) is 0. The minimum absolute atomic E-state index is 0. The monoisotopic (exact) mass is 386 g/mol. The molecule has 2 aromatic carbocycles. The van der Waals surface area contributed by atoms with Crippen LogP contribution in [0, 0.1) is 11.6 Å². The molecule has 0 atom stereocenters. The summed E-state index contributed by atoms with van der Waals surface area (Å²) < 4.78 is 28.1. The molecule has 0 aliphatic rings. The van der Waals surface area contributed by atoms with Crippen LogP contribution < -0.4 is 5.73 Å². The fraction of sp³-hybridized carbons (Fsp3) is 0. The first-order chi connectivity index (χ1) is 12.5. The third-order valence-electron chi connectivity index (χ3n) is 4.05. The van der Waals surface area contributed by atoms with Crippen molar-refractivity contribution in [3.8, 4) is 5.69 Å². The van der Waals surface area contributed by atoms with E-state index >= 15 is 0 Å². The maximum atomic E-state index is 14.0. The zero-order valence-corrected chi connectivity index (χ0v) is 14.6.